The number of carbonyl (C=O) groups excluding carboxylic acids is 3. The molecule has 2 fully saturated rings. The van der Waals surface area contributed by atoms with Crippen LogP contribution in [0.3, 0.4) is 0 Å². The fourth-order valence-electron chi connectivity index (χ4n) is 6.76. The van der Waals surface area contributed by atoms with Crippen molar-refractivity contribution in [2.45, 2.75) is 24.8 Å². The monoisotopic (exact) mass is 867 g/mol. The largest absolute Gasteiger partial charge is 0.354 e. The van der Waals surface area contributed by atoms with E-state index in [0.717, 1.165) is 22.9 Å². The zero-order valence-electron chi connectivity index (χ0n) is 29.6. The van der Waals surface area contributed by atoms with E-state index in [4.69, 9.17) is 62.7 Å². The lowest BCUT2D eigenvalue weighted by Crippen LogP contribution is -2.52. The van der Waals surface area contributed by atoms with E-state index in [1.54, 1.807) is 96.3 Å². The Morgan fingerprint density at radius 1 is 0.786 bits per heavy atom. The number of halogens is 5. The second-order valence-electron chi connectivity index (χ2n) is 13.2. The molecule has 288 valence electrons. The Bertz CT molecular complexity index is 2230. The van der Waals surface area contributed by atoms with Gasteiger partial charge in [-0.15, -0.1) is 0 Å². The molecule has 3 atom stereocenters. The summed E-state index contributed by atoms with van der Waals surface area (Å²) in [5.74, 6) is -0.631. The summed E-state index contributed by atoms with van der Waals surface area (Å²) >= 11 is 32.9. The van der Waals surface area contributed by atoms with Gasteiger partial charge >= 0.3 is 0 Å². The molecule has 3 heterocycles. The molecule has 3 amide bonds. The first-order valence-corrected chi connectivity index (χ1v) is 20.3. The molecule has 2 aliphatic heterocycles. The van der Waals surface area contributed by atoms with Crippen molar-refractivity contribution in [2.24, 2.45) is 0 Å². The number of nitrogens with zero attached hydrogens (tertiary/aromatic N) is 5. The molecule has 2 aliphatic rings. The smallest absolute Gasteiger partial charge is 0.293 e. The normalized spacial score (nSPS) is 17.4. The van der Waals surface area contributed by atoms with Crippen LogP contribution in [-0.4, -0.2) is 74.0 Å². The zero-order chi connectivity index (χ0) is 39.3. The first kappa shape index (κ1) is 40.4. The lowest BCUT2D eigenvalue weighted by Gasteiger charge is -2.41. The minimum absolute atomic E-state index is 0.112. The Labute approximate surface area is 353 Å². The van der Waals surface area contributed by atoms with E-state index in [0.29, 0.717) is 73.9 Å². The second kappa shape index (κ2) is 18.2. The molecule has 2 saturated heterocycles. The molecule has 0 bridgehead atoms. The van der Waals surface area contributed by atoms with E-state index in [1.807, 2.05) is 29.0 Å². The number of rotatable bonds is 12. The highest BCUT2D eigenvalue weighted by Gasteiger charge is 2.40. The molecule has 15 heteroatoms. The van der Waals surface area contributed by atoms with Crippen molar-refractivity contribution in [3.8, 4) is 0 Å². The molecular weight excluding hydrogens is 836 g/mol. The Balaban J connectivity index is 1.12. The molecule has 0 N–H and O–H groups in total. The van der Waals surface area contributed by atoms with Gasteiger partial charge in [-0.2, -0.15) is 0 Å². The summed E-state index contributed by atoms with van der Waals surface area (Å²) in [6, 6.07) is 26.4. The minimum Gasteiger partial charge on any atom is -0.354 e. The summed E-state index contributed by atoms with van der Waals surface area (Å²) < 4.78 is 8.62. The maximum atomic E-state index is 14.6. The number of imide groups is 1. The van der Waals surface area contributed by atoms with Crippen LogP contribution in [0.5, 0.6) is 0 Å². The highest BCUT2D eigenvalue weighted by molar-refractivity contribution is 8.18. The standard InChI is InChI=1S/C41H34Cl5N5O4S/c42-28-9-5-26(6-10-28)21-37-39(52)51(41(54)56-37)23-35(27-7-11-29(43)12-8-27)49-17-19-50(20-18-49)40(53)38(32-3-1-2-4-33(32)45)55-36(24-48-16-15-47-25-48)31-14-13-30(44)22-34(31)46/h1-16,21-22,25,35-36,38H,17-20,23-24H2/b37-21-. The predicted molar refractivity (Wildman–Crippen MR) is 223 cm³/mol. The van der Waals surface area contributed by atoms with Gasteiger partial charge in [-0.05, 0) is 71.4 Å². The number of hydrogen-bond acceptors (Lipinski definition) is 7. The lowest BCUT2D eigenvalue weighted by atomic mass is 10.0. The van der Waals surface area contributed by atoms with E-state index in [9.17, 15) is 14.4 Å². The molecule has 0 radical (unpaired) electrons. The van der Waals surface area contributed by atoms with Crippen LogP contribution in [0.15, 0.2) is 115 Å². The highest BCUT2D eigenvalue weighted by Crippen LogP contribution is 2.38. The third-order valence-corrected chi connectivity index (χ3v) is 12.0. The quantitative estimate of drug-likeness (QED) is 0.115. The number of benzene rings is 4. The van der Waals surface area contributed by atoms with Gasteiger partial charge in [-0.3, -0.25) is 24.2 Å². The summed E-state index contributed by atoms with van der Waals surface area (Å²) in [7, 11) is 0. The molecule has 3 unspecified atom stereocenters. The Hall–Kier alpha value is -3.84. The summed E-state index contributed by atoms with van der Waals surface area (Å²) in [4.78, 5) is 51.3. The molecule has 0 aliphatic carbocycles. The molecule has 56 heavy (non-hydrogen) atoms. The first-order valence-electron chi connectivity index (χ1n) is 17.6. The Morgan fingerprint density at radius 3 is 2.12 bits per heavy atom. The number of amides is 3. The number of imidazole rings is 1. The molecular formula is C41H34Cl5N5O4S. The molecule has 0 spiro atoms. The van der Waals surface area contributed by atoms with Gasteiger partial charge in [0, 0.05) is 81.4 Å². The number of thioether (sulfide) groups is 1. The van der Waals surface area contributed by atoms with Crippen LogP contribution in [0, 0.1) is 0 Å². The van der Waals surface area contributed by atoms with Gasteiger partial charge in [0.05, 0.1) is 23.8 Å². The van der Waals surface area contributed by atoms with Gasteiger partial charge < -0.3 is 14.2 Å². The van der Waals surface area contributed by atoms with Crippen LogP contribution in [0.2, 0.25) is 25.1 Å². The average molecular weight is 870 g/mol. The van der Waals surface area contributed by atoms with Crippen molar-refractivity contribution >= 4 is 92.9 Å². The maximum Gasteiger partial charge on any atom is 0.293 e. The van der Waals surface area contributed by atoms with Gasteiger partial charge in [0.1, 0.15) is 6.10 Å². The minimum atomic E-state index is -1.08. The maximum absolute atomic E-state index is 14.6. The van der Waals surface area contributed by atoms with Crippen LogP contribution in [0.25, 0.3) is 6.08 Å². The lowest BCUT2D eigenvalue weighted by molar-refractivity contribution is -0.151. The van der Waals surface area contributed by atoms with E-state index in [1.165, 1.54) is 4.90 Å². The number of aromatic nitrogens is 2. The van der Waals surface area contributed by atoms with E-state index < -0.39 is 12.2 Å². The third-order valence-electron chi connectivity index (χ3n) is 9.68. The fraction of sp³-hybridized carbons (Fsp3) is 0.220. The van der Waals surface area contributed by atoms with Crippen molar-refractivity contribution < 1.29 is 19.1 Å². The molecule has 1 aromatic heterocycles. The fourth-order valence-corrected chi connectivity index (χ4v) is 8.62. The van der Waals surface area contributed by atoms with Crippen LogP contribution in [0.4, 0.5) is 4.79 Å². The number of piperazine rings is 1. The van der Waals surface area contributed by atoms with Crippen LogP contribution >= 0.6 is 69.8 Å². The van der Waals surface area contributed by atoms with E-state index in [2.05, 4.69) is 9.88 Å². The van der Waals surface area contributed by atoms with Crippen molar-refractivity contribution in [3.05, 3.63) is 162 Å². The number of carbonyl (C=O) groups is 3. The zero-order valence-corrected chi connectivity index (χ0v) is 34.2. The number of ether oxygens (including phenoxy) is 1. The van der Waals surface area contributed by atoms with Gasteiger partial charge in [-0.25, -0.2) is 4.98 Å². The summed E-state index contributed by atoms with van der Waals surface area (Å²) in [5, 5.41) is 2.05. The topological polar surface area (TPSA) is 88.0 Å². The van der Waals surface area contributed by atoms with Crippen molar-refractivity contribution in [3.63, 3.8) is 0 Å². The molecule has 0 saturated carbocycles. The number of hydrogen-bond donors (Lipinski definition) is 0. The Morgan fingerprint density at radius 2 is 1.46 bits per heavy atom. The summed E-state index contributed by atoms with van der Waals surface area (Å²) in [6.07, 6.45) is 5.08. The molecule has 5 aromatic rings. The first-order chi connectivity index (χ1) is 27.0. The van der Waals surface area contributed by atoms with E-state index >= 15 is 0 Å². The second-order valence-corrected chi connectivity index (χ2v) is 16.3. The highest BCUT2D eigenvalue weighted by atomic mass is 35.5. The third kappa shape index (κ3) is 9.47. The molecule has 4 aromatic carbocycles. The van der Waals surface area contributed by atoms with Gasteiger partial charge in [0.25, 0.3) is 17.1 Å². The molecule has 7 rings (SSSR count). The SMILES string of the molecule is O=C(C(OC(Cn1ccnc1)c1ccc(Cl)cc1Cl)c1ccccc1Cl)N1CCN(C(CN2C(=O)S/C(=C\c3ccc(Cl)cc3)C2=O)c2ccc(Cl)cc2)CC1. The summed E-state index contributed by atoms with van der Waals surface area (Å²) in [6.45, 7) is 2.02. The summed E-state index contributed by atoms with van der Waals surface area (Å²) in [5.41, 5.74) is 2.82. The molecule has 9 nitrogen and oxygen atoms in total. The van der Waals surface area contributed by atoms with Crippen molar-refractivity contribution in [1.29, 1.82) is 0 Å². The van der Waals surface area contributed by atoms with Crippen molar-refractivity contribution in [1.82, 2.24) is 24.3 Å². The van der Waals surface area contributed by atoms with Gasteiger partial charge in [0.15, 0.2) is 6.10 Å². The van der Waals surface area contributed by atoms with Gasteiger partial charge in [-0.1, -0.05) is 107 Å². The van der Waals surface area contributed by atoms with Crippen LogP contribution < -0.4 is 0 Å². The van der Waals surface area contributed by atoms with E-state index in [-0.39, 0.29) is 29.6 Å². The van der Waals surface area contributed by atoms with Crippen LogP contribution in [0.1, 0.15) is 40.5 Å². The Kier molecular flexibility index (Phi) is 13.1. The van der Waals surface area contributed by atoms with Gasteiger partial charge in [0.2, 0.25) is 0 Å². The average Bonchev–Trinajstić information content (AvgIpc) is 3.80. The van der Waals surface area contributed by atoms with Crippen molar-refractivity contribution in [2.75, 3.05) is 32.7 Å². The van der Waals surface area contributed by atoms with Crippen LogP contribution in [-0.2, 0) is 20.9 Å². The predicted octanol–water partition coefficient (Wildman–Crippen LogP) is 10.3.